The lowest BCUT2D eigenvalue weighted by molar-refractivity contribution is 0.401. The van der Waals surface area contributed by atoms with Crippen LogP contribution in [0, 0.1) is 6.07 Å². The van der Waals surface area contributed by atoms with E-state index < -0.39 is 0 Å². The van der Waals surface area contributed by atoms with Gasteiger partial charge in [0.25, 0.3) is 0 Å². The molecule has 0 spiro atoms. The van der Waals surface area contributed by atoms with E-state index in [9.17, 15) is 0 Å². The highest BCUT2D eigenvalue weighted by atomic mass is 16.6. The van der Waals surface area contributed by atoms with Crippen LogP contribution in [0.1, 0.15) is 11.1 Å². The van der Waals surface area contributed by atoms with Crippen molar-refractivity contribution in [3.05, 3.63) is 47.5 Å². The van der Waals surface area contributed by atoms with Gasteiger partial charge >= 0.3 is 0 Å². The van der Waals surface area contributed by atoms with Gasteiger partial charge in [0, 0.05) is 12.8 Å². The van der Waals surface area contributed by atoms with Gasteiger partial charge in [-0.15, -0.1) is 0 Å². The highest BCUT2D eigenvalue weighted by Gasteiger charge is 2.27. The Morgan fingerprint density at radius 1 is 1.06 bits per heavy atom. The molecular weight excluding hydrogens is 224 g/mol. The van der Waals surface area contributed by atoms with Crippen LogP contribution in [0.2, 0.25) is 0 Å². The van der Waals surface area contributed by atoms with Crippen LogP contribution in [0.4, 0.5) is 0 Å². The van der Waals surface area contributed by atoms with Gasteiger partial charge in [-0.05, 0) is 28.0 Å². The average Bonchev–Trinajstić information content (AvgIpc) is 3.25. The zero-order valence-electron chi connectivity index (χ0n) is 10.2. The highest BCUT2D eigenvalue weighted by molar-refractivity contribution is 5.83. The summed E-state index contributed by atoms with van der Waals surface area (Å²) in [5.41, 5.74) is 2.69. The minimum Gasteiger partial charge on any atom is -0.373 e. The van der Waals surface area contributed by atoms with Gasteiger partial charge in [0.2, 0.25) is 0 Å². The number of hydrogen-bond donors (Lipinski definition) is 0. The van der Waals surface area contributed by atoms with Crippen LogP contribution in [0.25, 0.3) is 10.8 Å². The molecule has 18 heavy (non-hydrogen) atoms. The third-order valence-electron chi connectivity index (χ3n) is 3.65. The summed E-state index contributed by atoms with van der Waals surface area (Å²) >= 11 is 0. The van der Waals surface area contributed by atoms with Crippen molar-refractivity contribution in [3.63, 3.8) is 0 Å². The van der Waals surface area contributed by atoms with Crippen LogP contribution < -0.4 is 0 Å². The summed E-state index contributed by atoms with van der Waals surface area (Å²) in [6.07, 6.45) is 2.86. The fourth-order valence-corrected chi connectivity index (χ4v) is 2.46. The van der Waals surface area contributed by atoms with E-state index in [1.165, 1.54) is 21.9 Å². The van der Waals surface area contributed by atoms with Crippen LogP contribution in [0.3, 0.4) is 0 Å². The molecule has 0 N–H and O–H groups in total. The van der Waals surface area contributed by atoms with Crippen LogP contribution in [-0.2, 0) is 22.3 Å². The van der Waals surface area contributed by atoms with E-state index >= 15 is 0 Å². The van der Waals surface area contributed by atoms with E-state index in [2.05, 4.69) is 36.4 Å². The van der Waals surface area contributed by atoms with Crippen molar-refractivity contribution >= 4 is 10.8 Å². The first-order chi connectivity index (χ1) is 8.88. The highest BCUT2D eigenvalue weighted by Crippen LogP contribution is 2.27. The number of ether oxygens (including phenoxy) is 2. The monoisotopic (exact) mass is 239 g/mol. The first kappa shape index (κ1) is 10.5. The molecular formula is C16H15O2. The Hall–Kier alpha value is -1.38. The third-order valence-corrected chi connectivity index (χ3v) is 3.65. The summed E-state index contributed by atoms with van der Waals surface area (Å²) < 4.78 is 10.7. The van der Waals surface area contributed by atoms with E-state index in [-0.39, 0.29) is 0 Å². The maximum absolute atomic E-state index is 5.35. The summed E-state index contributed by atoms with van der Waals surface area (Å²) in [6.45, 7) is 1.81. The van der Waals surface area contributed by atoms with Crippen molar-refractivity contribution in [1.29, 1.82) is 0 Å². The van der Waals surface area contributed by atoms with Gasteiger partial charge in [-0.2, -0.15) is 0 Å². The molecule has 0 amide bonds. The second-order valence-electron chi connectivity index (χ2n) is 5.18. The Morgan fingerprint density at radius 3 is 2.56 bits per heavy atom. The van der Waals surface area contributed by atoms with E-state index in [1.54, 1.807) is 0 Å². The van der Waals surface area contributed by atoms with Crippen molar-refractivity contribution in [1.82, 2.24) is 0 Å². The average molecular weight is 239 g/mol. The summed E-state index contributed by atoms with van der Waals surface area (Å²) in [5.74, 6) is 0. The largest absolute Gasteiger partial charge is 0.373 e. The Morgan fingerprint density at radius 2 is 1.78 bits per heavy atom. The molecule has 0 aliphatic carbocycles. The van der Waals surface area contributed by atoms with Crippen molar-refractivity contribution in [3.8, 4) is 0 Å². The van der Waals surface area contributed by atoms with Gasteiger partial charge in [0.15, 0.2) is 0 Å². The molecule has 4 rings (SSSR count). The molecule has 2 unspecified atom stereocenters. The number of hydrogen-bond acceptors (Lipinski definition) is 2. The Balaban J connectivity index is 1.76. The van der Waals surface area contributed by atoms with Gasteiger partial charge in [-0.3, -0.25) is 0 Å². The zero-order valence-corrected chi connectivity index (χ0v) is 10.2. The number of benzene rings is 2. The second-order valence-corrected chi connectivity index (χ2v) is 5.18. The third kappa shape index (κ3) is 2.14. The van der Waals surface area contributed by atoms with Crippen molar-refractivity contribution in [2.45, 2.75) is 25.0 Å². The van der Waals surface area contributed by atoms with Crippen molar-refractivity contribution < 1.29 is 9.47 Å². The Labute approximate surface area is 107 Å². The van der Waals surface area contributed by atoms with Gasteiger partial charge in [-0.25, -0.2) is 0 Å². The molecule has 1 radical (unpaired) electrons. The molecule has 2 saturated heterocycles. The standard InChI is InChI=1S/C16H15O2/c1-2-4-12-6-14(8-16-10-18-16)13(5-11(12)3-1)7-15-9-17-15/h1-5,15-16H,7-10H2. The summed E-state index contributed by atoms with van der Waals surface area (Å²) in [6, 6.07) is 14.3. The predicted octanol–water partition coefficient (Wildman–Crippen LogP) is 2.52. The maximum atomic E-state index is 5.35. The molecule has 2 fully saturated rings. The fraction of sp³-hybridized carbons (Fsp3) is 0.375. The molecule has 2 nitrogen and oxygen atoms in total. The number of epoxide rings is 2. The van der Waals surface area contributed by atoms with E-state index in [0.717, 1.165) is 26.1 Å². The van der Waals surface area contributed by atoms with Crippen LogP contribution in [-0.4, -0.2) is 25.4 Å². The first-order valence-corrected chi connectivity index (χ1v) is 6.54. The second kappa shape index (κ2) is 4.08. The van der Waals surface area contributed by atoms with Crippen molar-refractivity contribution in [2.24, 2.45) is 0 Å². The molecule has 2 aromatic carbocycles. The molecule has 2 aromatic rings. The molecule has 0 bridgehead atoms. The number of rotatable bonds is 4. The molecule has 91 valence electrons. The molecule has 2 aliphatic rings. The van der Waals surface area contributed by atoms with Gasteiger partial charge in [0.1, 0.15) is 0 Å². The quantitative estimate of drug-likeness (QED) is 0.766. The molecule has 2 aliphatic heterocycles. The van der Waals surface area contributed by atoms with Crippen LogP contribution >= 0.6 is 0 Å². The van der Waals surface area contributed by atoms with Gasteiger partial charge < -0.3 is 9.47 Å². The molecule has 0 saturated carbocycles. The lowest BCUT2D eigenvalue weighted by Gasteiger charge is -2.09. The van der Waals surface area contributed by atoms with Gasteiger partial charge in [0.05, 0.1) is 25.4 Å². The number of fused-ring (bicyclic) bond motifs is 1. The van der Waals surface area contributed by atoms with E-state index in [4.69, 9.17) is 9.47 Å². The minimum absolute atomic E-state index is 0.418. The summed E-state index contributed by atoms with van der Waals surface area (Å²) in [4.78, 5) is 0. The van der Waals surface area contributed by atoms with Gasteiger partial charge in [-0.1, -0.05) is 30.3 Å². The first-order valence-electron chi connectivity index (χ1n) is 6.54. The fourth-order valence-electron chi connectivity index (χ4n) is 2.46. The normalized spacial score (nSPS) is 25.3. The lowest BCUT2D eigenvalue weighted by Crippen LogP contribution is -2.03. The van der Waals surface area contributed by atoms with Crippen molar-refractivity contribution in [2.75, 3.05) is 13.2 Å². The topological polar surface area (TPSA) is 25.1 Å². The maximum Gasteiger partial charge on any atom is 0.0850 e. The lowest BCUT2D eigenvalue weighted by atomic mass is 9.95. The van der Waals surface area contributed by atoms with Crippen LogP contribution in [0.15, 0.2) is 30.3 Å². The Kier molecular flexibility index (Phi) is 2.39. The molecule has 2 heteroatoms. The molecule has 2 heterocycles. The SMILES string of the molecule is [c]1c(CC2CO2)c(CC2CO2)cc2ccccc12. The predicted molar refractivity (Wildman–Crippen MR) is 69.7 cm³/mol. The van der Waals surface area contributed by atoms with E-state index in [1.807, 2.05) is 0 Å². The zero-order chi connectivity index (χ0) is 11.9. The Bertz CT molecular complexity index is 530. The minimum atomic E-state index is 0.418. The summed E-state index contributed by atoms with van der Waals surface area (Å²) in [5, 5.41) is 2.47. The van der Waals surface area contributed by atoms with E-state index in [0.29, 0.717) is 12.2 Å². The summed E-state index contributed by atoms with van der Waals surface area (Å²) in [7, 11) is 0. The molecule has 0 aromatic heterocycles. The molecule has 2 atom stereocenters. The smallest absolute Gasteiger partial charge is 0.0850 e. The van der Waals surface area contributed by atoms with Crippen LogP contribution in [0.5, 0.6) is 0 Å².